The van der Waals surface area contributed by atoms with Crippen molar-refractivity contribution in [3.05, 3.63) is 24.0 Å². The molecule has 0 radical (unpaired) electrons. The quantitative estimate of drug-likeness (QED) is 0.868. The van der Waals surface area contributed by atoms with Gasteiger partial charge in [0.2, 0.25) is 0 Å². The lowest BCUT2D eigenvalue weighted by Crippen LogP contribution is -2.34. The SMILES string of the molecule is O=C(O)C1CCN(C(=O)Nc2ccc(F)cc2OCC(F)F)C1. The molecule has 0 spiro atoms. The maximum Gasteiger partial charge on any atom is 0.321 e. The Labute approximate surface area is 129 Å². The Kier molecular flexibility index (Phi) is 5.30. The molecular formula is C14H15F3N2O4. The molecule has 1 atom stereocenters. The molecule has 1 aliphatic rings. The highest BCUT2D eigenvalue weighted by atomic mass is 19.3. The van der Waals surface area contributed by atoms with Gasteiger partial charge in [0.1, 0.15) is 18.2 Å². The number of hydrogen-bond acceptors (Lipinski definition) is 3. The van der Waals surface area contributed by atoms with Crippen LogP contribution in [0.5, 0.6) is 5.75 Å². The fourth-order valence-corrected chi connectivity index (χ4v) is 2.21. The van der Waals surface area contributed by atoms with Crippen molar-refractivity contribution in [3.63, 3.8) is 0 Å². The van der Waals surface area contributed by atoms with Gasteiger partial charge in [-0.1, -0.05) is 0 Å². The molecule has 1 unspecified atom stereocenters. The average Bonchev–Trinajstić information content (AvgIpc) is 2.97. The maximum atomic E-state index is 13.2. The number of amides is 2. The summed E-state index contributed by atoms with van der Waals surface area (Å²) >= 11 is 0. The van der Waals surface area contributed by atoms with Crippen molar-refractivity contribution in [1.29, 1.82) is 0 Å². The van der Waals surface area contributed by atoms with Crippen molar-refractivity contribution in [2.45, 2.75) is 12.8 Å². The molecule has 1 saturated heterocycles. The van der Waals surface area contributed by atoms with Gasteiger partial charge in [0.25, 0.3) is 6.43 Å². The van der Waals surface area contributed by atoms with Crippen LogP contribution in [-0.2, 0) is 4.79 Å². The number of benzene rings is 1. The molecule has 126 valence electrons. The van der Waals surface area contributed by atoms with Crippen LogP contribution in [0.15, 0.2) is 18.2 Å². The summed E-state index contributed by atoms with van der Waals surface area (Å²) in [5.41, 5.74) is 0.0378. The molecule has 1 heterocycles. The molecule has 0 aliphatic carbocycles. The van der Waals surface area contributed by atoms with Gasteiger partial charge in [-0.2, -0.15) is 0 Å². The van der Waals surface area contributed by atoms with Crippen LogP contribution in [0.1, 0.15) is 6.42 Å². The van der Waals surface area contributed by atoms with E-state index in [9.17, 15) is 22.8 Å². The number of hydrogen-bond donors (Lipinski definition) is 2. The van der Waals surface area contributed by atoms with Crippen molar-refractivity contribution in [2.75, 3.05) is 25.0 Å². The first-order chi connectivity index (χ1) is 10.9. The molecule has 9 heteroatoms. The largest absolute Gasteiger partial charge is 0.485 e. The Balaban J connectivity index is 2.04. The molecule has 2 amide bonds. The molecule has 23 heavy (non-hydrogen) atoms. The Morgan fingerprint density at radius 1 is 1.43 bits per heavy atom. The van der Waals surface area contributed by atoms with Crippen molar-refractivity contribution in [2.24, 2.45) is 5.92 Å². The lowest BCUT2D eigenvalue weighted by Gasteiger charge is -2.18. The van der Waals surface area contributed by atoms with E-state index in [1.807, 2.05) is 0 Å². The van der Waals surface area contributed by atoms with Gasteiger partial charge in [0.15, 0.2) is 0 Å². The molecule has 0 saturated carbocycles. The fraction of sp³-hybridized carbons (Fsp3) is 0.429. The lowest BCUT2D eigenvalue weighted by molar-refractivity contribution is -0.141. The van der Waals surface area contributed by atoms with Gasteiger partial charge in [0.05, 0.1) is 11.6 Å². The normalized spacial score (nSPS) is 17.4. The number of carbonyl (C=O) groups excluding carboxylic acids is 1. The third-order valence-corrected chi connectivity index (χ3v) is 3.37. The zero-order valence-electron chi connectivity index (χ0n) is 12.0. The summed E-state index contributed by atoms with van der Waals surface area (Å²) in [6, 6.07) is 2.54. The van der Waals surface area contributed by atoms with E-state index in [-0.39, 0.29) is 24.5 Å². The molecule has 0 bridgehead atoms. The predicted octanol–water partition coefficient (Wildman–Crippen LogP) is 2.41. The monoisotopic (exact) mass is 332 g/mol. The molecular weight excluding hydrogens is 317 g/mol. The van der Waals surface area contributed by atoms with Crippen LogP contribution in [0.4, 0.5) is 23.7 Å². The van der Waals surface area contributed by atoms with Gasteiger partial charge in [0, 0.05) is 19.2 Å². The summed E-state index contributed by atoms with van der Waals surface area (Å²) in [4.78, 5) is 24.3. The van der Waals surface area contributed by atoms with Crippen LogP contribution in [0.3, 0.4) is 0 Å². The summed E-state index contributed by atoms with van der Waals surface area (Å²) < 4.78 is 42.4. The molecule has 1 aliphatic heterocycles. The van der Waals surface area contributed by atoms with Gasteiger partial charge in [-0.25, -0.2) is 18.0 Å². The third-order valence-electron chi connectivity index (χ3n) is 3.37. The van der Waals surface area contributed by atoms with Gasteiger partial charge in [-0.05, 0) is 18.6 Å². The first kappa shape index (κ1) is 16.9. The number of likely N-dealkylation sites (tertiary alicyclic amines) is 1. The number of aliphatic carboxylic acids is 1. The summed E-state index contributed by atoms with van der Waals surface area (Å²) in [6.45, 7) is -0.621. The Morgan fingerprint density at radius 3 is 2.78 bits per heavy atom. The second kappa shape index (κ2) is 7.21. The number of nitrogens with one attached hydrogen (secondary N) is 1. The number of halogens is 3. The predicted molar refractivity (Wildman–Crippen MR) is 74.2 cm³/mol. The topological polar surface area (TPSA) is 78.9 Å². The van der Waals surface area contributed by atoms with Crippen LogP contribution in [-0.4, -0.2) is 48.1 Å². The highest BCUT2D eigenvalue weighted by molar-refractivity contribution is 5.91. The minimum absolute atomic E-state index is 0.0378. The molecule has 1 aromatic rings. The summed E-state index contributed by atoms with van der Waals surface area (Å²) in [5, 5.41) is 11.3. The summed E-state index contributed by atoms with van der Waals surface area (Å²) in [6.07, 6.45) is -2.40. The van der Waals surface area contributed by atoms with E-state index in [1.165, 1.54) is 11.0 Å². The second-order valence-corrected chi connectivity index (χ2v) is 5.04. The number of rotatable bonds is 5. The van der Waals surface area contributed by atoms with E-state index in [4.69, 9.17) is 9.84 Å². The first-order valence-electron chi connectivity index (χ1n) is 6.86. The second-order valence-electron chi connectivity index (χ2n) is 5.04. The minimum Gasteiger partial charge on any atom is -0.485 e. The Hall–Kier alpha value is -2.45. The average molecular weight is 332 g/mol. The van der Waals surface area contributed by atoms with Crippen LogP contribution < -0.4 is 10.1 Å². The zero-order valence-corrected chi connectivity index (χ0v) is 12.0. The number of carboxylic acids is 1. The van der Waals surface area contributed by atoms with Crippen LogP contribution in [0.2, 0.25) is 0 Å². The number of carbonyl (C=O) groups is 2. The fourth-order valence-electron chi connectivity index (χ4n) is 2.21. The zero-order chi connectivity index (χ0) is 17.0. The van der Waals surface area contributed by atoms with Crippen molar-refractivity contribution < 1.29 is 32.6 Å². The Bertz CT molecular complexity index is 597. The van der Waals surface area contributed by atoms with E-state index in [0.29, 0.717) is 6.42 Å². The highest BCUT2D eigenvalue weighted by Gasteiger charge is 2.31. The third kappa shape index (κ3) is 4.51. The molecule has 2 N–H and O–H groups in total. The van der Waals surface area contributed by atoms with Crippen LogP contribution in [0.25, 0.3) is 0 Å². The van der Waals surface area contributed by atoms with Gasteiger partial charge in [-0.3, -0.25) is 4.79 Å². The van der Waals surface area contributed by atoms with Gasteiger partial charge in [-0.15, -0.1) is 0 Å². The number of carboxylic acid groups (broad SMARTS) is 1. The highest BCUT2D eigenvalue weighted by Crippen LogP contribution is 2.27. The number of anilines is 1. The van der Waals surface area contributed by atoms with E-state index in [0.717, 1.165) is 12.1 Å². The number of nitrogens with zero attached hydrogens (tertiary/aromatic N) is 1. The molecule has 2 rings (SSSR count). The van der Waals surface area contributed by atoms with Crippen molar-refractivity contribution in [1.82, 2.24) is 4.90 Å². The van der Waals surface area contributed by atoms with E-state index < -0.39 is 36.8 Å². The standard InChI is InChI=1S/C14H15F3N2O4/c15-9-1-2-10(11(5-9)23-7-12(16)17)18-14(22)19-4-3-8(6-19)13(20)21/h1-2,5,8,12H,3-4,6-7H2,(H,18,22)(H,20,21). The molecule has 0 aromatic heterocycles. The lowest BCUT2D eigenvalue weighted by atomic mass is 10.1. The van der Waals surface area contributed by atoms with E-state index in [1.54, 1.807) is 0 Å². The van der Waals surface area contributed by atoms with Crippen LogP contribution >= 0.6 is 0 Å². The first-order valence-corrected chi connectivity index (χ1v) is 6.86. The molecule has 1 fully saturated rings. The minimum atomic E-state index is -2.74. The van der Waals surface area contributed by atoms with E-state index in [2.05, 4.69) is 5.32 Å². The maximum absolute atomic E-state index is 13.2. The van der Waals surface area contributed by atoms with Gasteiger partial charge < -0.3 is 20.1 Å². The smallest absolute Gasteiger partial charge is 0.321 e. The van der Waals surface area contributed by atoms with Gasteiger partial charge >= 0.3 is 12.0 Å². The summed E-state index contributed by atoms with van der Waals surface area (Å²) in [5.74, 6) is -2.53. The number of alkyl halides is 2. The Morgan fingerprint density at radius 2 is 2.17 bits per heavy atom. The number of urea groups is 1. The molecule has 1 aromatic carbocycles. The van der Waals surface area contributed by atoms with Crippen LogP contribution in [0, 0.1) is 11.7 Å². The van der Waals surface area contributed by atoms with Crippen molar-refractivity contribution in [3.8, 4) is 5.75 Å². The number of ether oxygens (including phenoxy) is 1. The summed E-state index contributed by atoms with van der Waals surface area (Å²) in [7, 11) is 0. The van der Waals surface area contributed by atoms with Crippen molar-refractivity contribution >= 4 is 17.7 Å². The molecule has 6 nitrogen and oxygen atoms in total. The van der Waals surface area contributed by atoms with E-state index >= 15 is 0 Å².